The van der Waals surface area contributed by atoms with Gasteiger partial charge in [-0.15, -0.1) is 6.58 Å². The van der Waals surface area contributed by atoms with Gasteiger partial charge in [-0.05, 0) is 19.4 Å². The summed E-state index contributed by atoms with van der Waals surface area (Å²) >= 11 is 0. The lowest BCUT2D eigenvalue weighted by atomic mass is 10.2. The number of aliphatic hydroxyl groups is 1. The Labute approximate surface area is 50.3 Å². The summed E-state index contributed by atoms with van der Waals surface area (Å²) < 4.78 is 0. The van der Waals surface area contributed by atoms with Crippen LogP contribution in [0.1, 0.15) is 13.8 Å². The first kappa shape index (κ1) is 7.44. The molecule has 0 saturated carbocycles. The van der Waals surface area contributed by atoms with E-state index in [2.05, 4.69) is 6.58 Å². The number of allylic oxidation sites excluding steroid dienone is 1. The number of aliphatic hydroxyl groups excluding tert-OH is 1. The standard InChI is InChI=1S/C7H12O/c1-4-6(3)7(8)5-2/h4-5,7-8H,2H2,1,3H3/b6-4+/t7-/m0/s1. The van der Waals surface area contributed by atoms with Crippen molar-refractivity contribution in [3.8, 4) is 0 Å². The number of hydrogen-bond donors (Lipinski definition) is 1. The molecule has 0 aromatic heterocycles. The molecule has 0 aliphatic rings. The van der Waals surface area contributed by atoms with Crippen LogP contribution in [-0.2, 0) is 0 Å². The molecule has 1 atom stereocenters. The molecule has 0 heterocycles. The van der Waals surface area contributed by atoms with Gasteiger partial charge in [0.1, 0.15) is 0 Å². The lowest BCUT2D eigenvalue weighted by molar-refractivity contribution is 0.259. The Balaban J connectivity index is 3.81. The van der Waals surface area contributed by atoms with Gasteiger partial charge in [0, 0.05) is 0 Å². The normalized spacial score (nSPS) is 15.6. The zero-order valence-corrected chi connectivity index (χ0v) is 5.39. The molecule has 1 N–H and O–H groups in total. The maximum absolute atomic E-state index is 8.94. The first-order chi connectivity index (χ1) is 3.72. The van der Waals surface area contributed by atoms with E-state index >= 15 is 0 Å². The molecule has 0 unspecified atom stereocenters. The molecule has 0 rings (SSSR count). The Kier molecular flexibility index (Phi) is 3.20. The van der Waals surface area contributed by atoms with Crippen molar-refractivity contribution in [1.82, 2.24) is 0 Å². The summed E-state index contributed by atoms with van der Waals surface area (Å²) in [5, 5.41) is 8.94. The van der Waals surface area contributed by atoms with Crippen LogP contribution in [0, 0.1) is 0 Å². The average molecular weight is 112 g/mol. The van der Waals surface area contributed by atoms with Crippen LogP contribution in [0.2, 0.25) is 0 Å². The Morgan fingerprint density at radius 1 is 1.75 bits per heavy atom. The topological polar surface area (TPSA) is 20.2 Å². The molecular formula is C7H12O. The molecular weight excluding hydrogens is 100 g/mol. The van der Waals surface area contributed by atoms with Crippen molar-refractivity contribution in [1.29, 1.82) is 0 Å². The molecule has 0 radical (unpaired) electrons. The largest absolute Gasteiger partial charge is 0.385 e. The Hall–Kier alpha value is -0.560. The highest BCUT2D eigenvalue weighted by Gasteiger charge is 1.95. The van der Waals surface area contributed by atoms with Crippen LogP contribution in [0.5, 0.6) is 0 Å². The van der Waals surface area contributed by atoms with Crippen molar-refractivity contribution in [2.45, 2.75) is 20.0 Å². The van der Waals surface area contributed by atoms with Crippen LogP contribution in [0.25, 0.3) is 0 Å². The first-order valence-electron chi connectivity index (χ1n) is 2.65. The minimum atomic E-state index is -0.458. The van der Waals surface area contributed by atoms with E-state index in [1.165, 1.54) is 6.08 Å². The fourth-order valence-electron chi connectivity index (χ4n) is 0.357. The molecule has 0 bridgehead atoms. The SMILES string of the molecule is C=C[C@H](O)/C(C)=C/C. The van der Waals surface area contributed by atoms with Crippen LogP contribution in [0.15, 0.2) is 24.3 Å². The zero-order chi connectivity index (χ0) is 6.57. The molecule has 8 heavy (non-hydrogen) atoms. The maximum Gasteiger partial charge on any atom is 0.0926 e. The Bertz CT molecular complexity index is 103. The second kappa shape index (κ2) is 3.44. The monoisotopic (exact) mass is 112 g/mol. The van der Waals surface area contributed by atoms with Crippen LogP contribution < -0.4 is 0 Å². The van der Waals surface area contributed by atoms with Crippen molar-refractivity contribution >= 4 is 0 Å². The summed E-state index contributed by atoms with van der Waals surface area (Å²) in [6.45, 7) is 7.20. The molecule has 1 nitrogen and oxygen atoms in total. The molecule has 1 heteroatoms. The predicted octanol–water partition coefficient (Wildman–Crippen LogP) is 1.50. The molecule has 0 aliphatic heterocycles. The number of rotatable bonds is 2. The van der Waals surface area contributed by atoms with Gasteiger partial charge in [0.15, 0.2) is 0 Å². The van der Waals surface area contributed by atoms with Gasteiger partial charge in [-0.3, -0.25) is 0 Å². The number of hydrogen-bond acceptors (Lipinski definition) is 1. The molecule has 0 saturated heterocycles. The summed E-state index contributed by atoms with van der Waals surface area (Å²) in [4.78, 5) is 0. The molecule has 0 amide bonds. The zero-order valence-electron chi connectivity index (χ0n) is 5.39. The van der Waals surface area contributed by atoms with Gasteiger partial charge in [0.05, 0.1) is 6.10 Å². The van der Waals surface area contributed by atoms with Crippen molar-refractivity contribution in [2.24, 2.45) is 0 Å². The van der Waals surface area contributed by atoms with Gasteiger partial charge in [0.2, 0.25) is 0 Å². The van der Waals surface area contributed by atoms with Crippen LogP contribution in [-0.4, -0.2) is 11.2 Å². The first-order valence-corrected chi connectivity index (χ1v) is 2.65. The van der Waals surface area contributed by atoms with Crippen molar-refractivity contribution < 1.29 is 5.11 Å². The fraction of sp³-hybridized carbons (Fsp3) is 0.429. The molecule has 0 aromatic carbocycles. The quantitative estimate of drug-likeness (QED) is 0.537. The summed E-state index contributed by atoms with van der Waals surface area (Å²) in [6, 6.07) is 0. The van der Waals surface area contributed by atoms with Crippen molar-refractivity contribution in [2.75, 3.05) is 0 Å². The third-order valence-electron chi connectivity index (χ3n) is 1.15. The van der Waals surface area contributed by atoms with Gasteiger partial charge in [0.25, 0.3) is 0 Å². The van der Waals surface area contributed by atoms with E-state index in [1.54, 1.807) is 0 Å². The van der Waals surface area contributed by atoms with Crippen LogP contribution in [0.3, 0.4) is 0 Å². The molecule has 0 spiro atoms. The highest BCUT2D eigenvalue weighted by molar-refractivity contribution is 5.09. The van der Waals surface area contributed by atoms with Crippen molar-refractivity contribution in [3.63, 3.8) is 0 Å². The van der Waals surface area contributed by atoms with Gasteiger partial charge in [-0.2, -0.15) is 0 Å². The summed E-state index contributed by atoms with van der Waals surface area (Å²) in [6.07, 6.45) is 2.92. The van der Waals surface area contributed by atoms with E-state index in [4.69, 9.17) is 5.11 Å². The van der Waals surface area contributed by atoms with Gasteiger partial charge >= 0.3 is 0 Å². The second-order valence-electron chi connectivity index (χ2n) is 1.71. The van der Waals surface area contributed by atoms with E-state index < -0.39 is 6.10 Å². The smallest absolute Gasteiger partial charge is 0.0926 e. The summed E-state index contributed by atoms with van der Waals surface area (Å²) in [7, 11) is 0. The van der Waals surface area contributed by atoms with E-state index in [0.717, 1.165) is 5.57 Å². The predicted molar refractivity (Wildman–Crippen MR) is 35.6 cm³/mol. The fourth-order valence-corrected chi connectivity index (χ4v) is 0.357. The highest BCUT2D eigenvalue weighted by atomic mass is 16.3. The average Bonchev–Trinajstić information content (AvgIpc) is 1.84. The second-order valence-corrected chi connectivity index (χ2v) is 1.71. The minimum Gasteiger partial charge on any atom is -0.385 e. The third-order valence-corrected chi connectivity index (χ3v) is 1.15. The van der Waals surface area contributed by atoms with E-state index in [-0.39, 0.29) is 0 Å². The van der Waals surface area contributed by atoms with E-state index in [0.29, 0.717) is 0 Å². The molecule has 0 aliphatic carbocycles. The lowest BCUT2D eigenvalue weighted by Gasteiger charge is -2.01. The molecule has 0 aromatic rings. The maximum atomic E-state index is 8.94. The third kappa shape index (κ3) is 1.94. The van der Waals surface area contributed by atoms with Crippen LogP contribution in [0.4, 0.5) is 0 Å². The molecule has 0 fully saturated rings. The lowest BCUT2D eigenvalue weighted by Crippen LogP contribution is -2.01. The van der Waals surface area contributed by atoms with Gasteiger partial charge < -0.3 is 5.11 Å². The minimum absolute atomic E-state index is 0.458. The Morgan fingerprint density at radius 3 is 2.38 bits per heavy atom. The van der Waals surface area contributed by atoms with Gasteiger partial charge in [-0.25, -0.2) is 0 Å². The van der Waals surface area contributed by atoms with Crippen LogP contribution >= 0.6 is 0 Å². The highest BCUT2D eigenvalue weighted by Crippen LogP contribution is 1.99. The summed E-state index contributed by atoms with van der Waals surface area (Å²) in [5.74, 6) is 0. The van der Waals surface area contributed by atoms with E-state index in [1.807, 2.05) is 19.9 Å². The van der Waals surface area contributed by atoms with Crippen molar-refractivity contribution in [3.05, 3.63) is 24.3 Å². The van der Waals surface area contributed by atoms with E-state index in [9.17, 15) is 0 Å². The Morgan fingerprint density at radius 2 is 2.25 bits per heavy atom. The summed E-state index contributed by atoms with van der Waals surface area (Å²) in [5.41, 5.74) is 0.944. The molecule has 46 valence electrons. The van der Waals surface area contributed by atoms with Gasteiger partial charge in [-0.1, -0.05) is 12.2 Å².